The van der Waals surface area contributed by atoms with Crippen molar-refractivity contribution in [1.82, 2.24) is 5.32 Å². The van der Waals surface area contributed by atoms with E-state index in [1.165, 1.54) is 0 Å². The van der Waals surface area contributed by atoms with Crippen molar-refractivity contribution in [2.45, 2.75) is 39.4 Å². The number of nitrogens with one attached hydrogen (secondary N) is 1. The lowest BCUT2D eigenvalue weighted by Crippen LogP contribution is -2.35. The van der Waals surface area contributed by atoms with Crippen molar-refractivity contribution >= 4 is 5.91 Å². The molecule has 1 rings (SSSR count). The zero-order valence-corrected chi connectivity index (χ0v) is 13.8. The number of aliphatic hydroxyl groups is 1. The Labute approximate surface area is 132 Å². The highest BCUT2D eigenvalue weighted by molar-refractivity contribution is 5.91. The zero-order valence-electron chi connectivity index (χ0n) is 13.8. The Morgan fingerprint density at radius 2 is 2.23 bits per heavy atom. The molecule has 0 aromatic carbocycles. The first-order valence-electron chi connectivity index (χ1n) is 7.96. The van der Waals surface area contributed by atoms with Crippen molar-refractivity contribution in [3.63, 3.8) is 0 Å². The maximum absolute atomic E-state index is 12.1. The van der Waals surface area contributed by atoms with Gasteiger partial charge in [-0.2, -0.15) is 0 Å². The van der Waals surface area contributed by atoms with E-state index in [-0.39, 0.29) is 18.4 Å². The molecule has 6 heteroatoms. The van der Waals surface area contributed by atoms with Crippen molar-refractivity contribution in [2.24, 2.45) is 11.8 Å². The van der Waals surface area contributed by atoms with Crippen LogP contribution >= 0.6 is 0 Å². The number of hydrogen-bond acceptors (Lipinski definition) is 5. The van der Waals surface area contributed by atoms with Crippen LogP contribution in [0.3, 0.4) is 0 Å². The molecule has 1 heterocycles. The summed E-state index contributed by atoms with van der Waals surface area (Å²) in [7, 11) is 1.59. The summed E-state index contributed by atoms with van der Waals surface area (Å²) in [5.41, 5.74) is 0. The van der Waals surface area contributed by atoms with Crippen LogP contribution in [0, 0.1) is 11.8 Å². The maximum atomic E-state index is 12.1. The molecule has 1 amide bonds. The predicted molar refractivity (Wildman–Crippen MR) is 83.1 cm³/mol. The molecule has 0 aliphatic carbocycles. The number of carbonyl (C=O) groups excluding carboxylic acids is 1. The van der Waals surface area contributed by atoms with Crippen LogP contribution in [0.2, 0.25) is 0 Å². The number of unbranched alkanes of at least 4 members (excludes halogenated alkanes) is 1. The zero-order chi connectivity index (χ0) is 16.4. The summed E-state index contributed by atoms with van der Waals surface area (Å²) in [6.07, 6.45) is 3.72. The van der Waals surface area contributed by atoms with Gasteiger partial charge in [0.05, 0.1) is 13.2 Å². The molecule has 0 radical (unpaired) electrons. The lowest BCUT2D eigenvalue weighted by atomic mass is 9.90. The van der Waals surface area contributed by atoms with Gasteiger partial charge in [0.1, 0.15) is 0 Å². The van der Waals surface area contributed by atoms with Gasteiger partial charge in [0.2, 0.25) is 6.29 Å². The predicted octanol–water partition coefficient (Wildman–Crippen LogP) is 1.44. The largest absolute Gasteiger partial charge is 0.459 e. The summed E-state index contributed by atoms with van der Waals surface area (Å²) >= 11 is 0. The van der Waals surface area contributed by atoms with Crippen LogP contribution in [-0.4, -0.2) is 50.8 Å². The Kier molecular flexibility index (Phi) is 9.11. The molecule has 1 aliphatic heterocycles. The third kappa shape index (κ3) is 6.77. The van der Waals surface area contributed by atoms with E-state index in [9.17, 15) is 4.79 Å². The summed E-state index contributed by atoms with van der Waals surface area (Å²) in [4.78, 5) is 12.1. The number of allylic oxidation sites excluding steroid dienone is 1. The molecule has 0 bridgehead atoms. The fourth-order valence-electron chi connectivity index (χ4n) is 2.19. The minimum atomic E-state index is -0.403. The molecule has 0 saturated carbocycles. The van der Waals surface area contributed by atoms with Crippen LogP contribution in [-0.2, 0) is 19.0 Å². The fraction of sp³-hybridized carbons (Fsp3) is 0.812. The number of rotatable bonds is 10. The van der Waals surface area contributed by atoms with Crippen molar-refractivity contribution in [3.05, 3.63) is 11.8 Å². The van der Waals surface area contributed by atoms with Gasteiger partial charge in [0.25, 0.3) is 5.91 Å². The second-order valence-corrected chi connectivity index (χ2v) is 5.77. The van der Waals surface area contributed by atoms with Crippen LogP contribution < -0.4 is 5.32 Å². The Bertz CT molecular complexity index is 356. The van der Waals surface area contributed by atoms with E-state index in [0.29, 0.717) is 37.9 Å². The third-order valence-corrected chi connectivity index (χ3v) is 3.62. The fourth-order valence-corrected chi connectivity index (χ4v) is 2.19. The van der Waals surface area contributed by atoms with Crippen LogP contribution in [0.25, 0.3) is 0 Å². The molecule has 0 saturated heterocycles. The highest BCUT2D eigenvalue weighted by Gasteiger charge is 2.29. The monoisotopic (exact) mass is 315 g/mol. The van der Waals surface area contributed by atoms with Gasteiger partial charge in [0.15, 0.2) is 5.76 Å². The van der Waals surface area contributed by atoms with E-state index in [1.54, 1.807) is 7.11 Å². The first-order chi connectivity index (χ1) is 10.6. The number of carbonyl (C=O) groups is 1. The van der Waals surface area contributed by atoms with E-state index < -0.39 is 6.29 Å². The molecule has 128 valence electrons. The molecule has 6 nitrogen and oxygen atoms in total. The van der Waals surface area contributed by atoms with E-state index in [0.717, 1.165) is 12.8 Å². The molecule has 0 spiro atoms. The van der Waals surface area contributed by atoms with Gasteiger partial charge in [0, 0.05) is 26.7 Å². The van der Waals surface area contributed by atoms with E-state index in [2.05, 4.69) is 19.2 Å². The Balaban J connectivity index is 2.55. The Hall–Kier alpha value is -1.11. The van der Waals surface area contributed by atoms with Crippen molar-refractivity contribution in [3.8, 4) is 0 Å². The lowest BCUT2D eigenvalue weighted by molar-refractivity contribution is -0.150. The van der Waals surface area contributed by atoms with Crippen molar-refractivity contribution in [1.29, 1.82) is 0 Å². The van der Waals surface area contributed by atoms with Crippen molar-refractivity contribution in [2.75, 3.05) is 33.5 Å². The summed E-state index contributed by atoms with van der Waals surface area (Å²) in [6, 6.07) is 0. The smallest absolute Gasteiger partial charge is 0.286 e. The van der Waals surface area contributed by atoms with Gasteiger partial charge < -0.3 is 24.6 Å². The highest BCUT2D eigenvalue weighted by atomic mass is 16.7. The first-order valence-corrected chi connectivity index (χ1v) is 7.96. The minimum Gasteiger partial charge on any atom is -0.459 e. The summed E-state index contributed by atoms with van der Waals surface area (Å²) in [5, 5.41) is 11.5. The number of aliphatic hydroxyl groups excluding tert-OH is 1. The average molecular weight is 315 g/mol. The molecule has 2 N–H and O–H groups in total. The van der Waals surface area contributed by atoms with Gasteiger partial charge in [-0.15, -0.1) is 0 Å². The molecular weight excluding hydrogens is 286 g/mol. The quantitative estimate of drug-likeness (QED) is 0.597. The maximum Gasteiger partial charge on any atom is 0.286 e. The highest BCUT2D eigenvalue weighted by Crippen LogP contribution is 2.28. The number of ether oxygens (including phenoxy) is 3. The third-order valence-electron chi connectivity index (χ3n) is 3.62. The second kappa shape index (κ2) is 10.6. The minimum absolute atomic E-state index is 0.163. The Morgan fingerprint density at radius 1 is 1.45 bits per heavy atom. The topological polar surface area (TPSA) is 77.0 Å². The molecule has 0 unspecified atom stereocenters. The van der Waals surface area contributed by atoms with Crippen LogP contribution in [0.4, 0.5) is 0 Å². The molecule has 22 heavy (non-hydrogen) atoms. The molecule has 0 fully saturated rings. The van der Waals surface area contributed by atoms with Gasteiger partial charge >= 0.3 is 0 Å². The molecule has 2 atom stereocenters. The average Bonchev–Trinajstić information content (AvgIpc) is 2.51. The molecule has 0 aromatic rings. The first kappa shape index (κ1) is 18.9. The standard InChI is InChI=1S/C16H29NO5/c1-12(2)13-10-14(16(19)17-6-9-20-3)22-15(11-13)21-8-5-4-7-18/h10,12-13,15,18H,4-9,11H2,1-3H3,(H,17,19)/t13-,15+/m0/s1. The summed E-state index contributed by atoms with van der Waals surface area (Å²) < 4.78 is 16.3. The van der Waals surface area contributed by atoms with Crippen LogP contribution in [0.15, 0.2) is 11.8 Å². The van der Waals surface area contributed by atoms with E-state index in [4.69, 9.17) is 19.3 Å². The molecule has 0 aromatic heterocycles. The van der Waals surface area contributed by atoms with Gasteiger partial charge in [-0.05, 0) is 30.8 Å². The van der Waals surface area contributed by atoms with Gasteiger partial charge in [-0.3, -0.25) is 4.79 Å². The van der Waals surface area contributed by atoms with Crippen molar-refractivity contribution < 1.29 is 24.1 Å². The van der Waals surface area contributed by atoms with Crippen LogP contribution in [0.1, 0.15) is 33.1 Å². The van der Waals surface area contributed by atoms with E-state index >= 15 is 0 Å². The number of hydrogen-bond donors (Lipinski definition) is 2. The van der Waals surface area contributed by atoms with E-state index in [1.807, 2.05) is 6.08 Å². The number of methoxy groups -OCH3 is 1. The van der Waals surface area contributed by atoms with Gasteiger partial charge in [-0.1, -0.05) is 13.8 Å². The molecular formula is C16H29NO5. The SMILES string of the molecule is COCCNC(=O)C1=C[C@H](C(C)C)C[C@H](OCCCCO)O1. The van der Waals surface area contributed by atoms with Crippen LogP contribution in [0.5, 0.6) is 0 Å². The lowest BCUT2D eigenvalue weighted by Gasteiger charge is -2.30. The Morgan fingerprint density at radius 3 is 2.86 bits per heavy atom. The van der Waals surface area contributed by atoms with Gasteiger partial charge in [-0.25, -0.2) is 0 Å². The second-order valence-electron chi connectivity index (χ2n) is 5.77. The summed E-state index contributed by atoms with van der Waals surface area (Å²) in [5.74, 6) is 0.758. The number of amides is 1. The summed E-state index contributed by atoms with van der Waals surface area (Å²) in [6.45, 7) is 5.84. The molecule has 1 aliphatic rings. The normalized spacial score (nSPS) is 21.4.